The molecule has 0 spiro atoms. The van der Waals surface area contributed by atoms with Crippen LogP contribution in [0.15, 0.2) is 60.0 Å². The summed E-state index contributed by atoms with van der Waals surface area (Å²) in [7, 11) is 2.11. The molecule has 1 saturated heterocycles. The van der Waals surface area contributed by atoms with E-state index < -0.39 is 0 Å². The molecule has 1 aliphatic rings. The zero-order chi connectivity index (χ0) is 19.3. The number of carbonyl (C=O) groups excluding carboxylic acids is 1. The van der Waals surface area contributed by atoms with Crippen molar-refractivity contribution in [1.29, 1.82) is 0 Å². The van der Waals surface area contributed by atoms with Crippen LogP contribution in [-0.2, 0) is 17.9 Å². The number of hydrogen-bond acceptors (Lipinski definition) is 2. The molecule has 4 nitrogen and oxygen atoms in total. The molecule has 0 bridgehead atoms. The Bertz CT molecular complexity index is 911. The number of carbonyl (C=O) groups is 1. The molecule has 1 aromatic heterocycles. The molecule has 2 N–H and O–H groups in total. The predicted octanol–water partition coefficient (Wildman–Crippen LogP) is 0.843. The first-order valence-corrected chi connectivity index (χ1v) is 11.0. The molecule has 1 aliphatic heterocycles. The fourth-order valence-electron chi connectivity index (χ4n) is 4.11. The van der Waals surface area contributed by atoms with Crippen LogP contribution in [0.25, 0.3) is 10.8 Å². The van der Waals surface area contributed by atoms with E-state index in [1.807, 2.05) is 0 Å². The monoisotopic (exact) mass is 395 g/mol. The highest BCUT2D eigenvalue weighted by Gasteiger charge is 2.26. The molecule has 2 aromatic carbocycles. The zero-order valence-electron chi connectivity index (χ0n) is 16.5. The fourth-order valence-corrected chi connectivity index (χ4v) is 4.93. The van der Waals surface area contributed by atoms with E-state index >= 15 is 0 Å². The third kappa shape index (κ3) is 4.61. The van der Waals surface area contributed by atoms with Gasteiger partial charge in [0, 0.05) is 5.56 Å². The number of nitrogens with zero attached hydrogens (tertiary/aromatic N) is 1. The van der Waals surface area contributed by atoms with Gasteiger partial charge in [0.25, 0.3) is 5.91 Å². The van der Waals surface area contributed by atoms with E-state index in [-0.39, 0.29) is 0 Å². The van der Waals surface area contributed by atoms with Crippen LogP contribution in [-0.4, -0.2) is 50.6 Å². The van der Waals surface area contributed by atoms with Gasteiger partial charge in [0.15, 0.2) is 6.54 Å². The molecule has 0 aliphatic carbocycles. The lowest BCUT2D eigenvalue weighted by atomic mass is 10.0. The molecule has 1 fully saturated rings. The summed E-state index contributed by atoms with van der Waals surface area (Å²) in [5.74, 6) is 0.290. The Morgan fingerprint density at radius 3 is 2.64 bits per heavy atom. The number of likely N-dealkylation sites (N-methyl/N-ethyl adjacent to an activating group) is 1. The van der Waals surface area contributed by atoms with Crippen LogP contribution in [0.2, 0.25) is 0 Å². The van der Waals surface area contributed by atoms with E-state index in [0.29, 0.717) is 12.5 Å². The number of thiophene rings is 1. The number of amides is 1. The summed E-state index contributed by atoms with van der Waals surface area (Å²) in [6.45, 7) is 6.33. The van der Waals surface area contributed by atoms with Crippen molar-refractivity contribution in [2.75, 3.05) is 39.8 Å². The van der Waals surface area contributed by atoms with Gasteiger partial charge in [-0.1, -0.05) is 48.5 Å². The lowest BCUT2D eigenvalue weighted by molar-refractivity contribution is -0.917. The lowest BCUT2D eigenvalue weighted by Gasteiger charge is -2.32. The van der Waals surface area contributed by atoms with Crippen molar-refractivity contribution in [2.24, 2.45) is 0 Å². The number of quaternary nitrogens is 2. The maximum absolute atomic E-state index is 12.7. The van der Waals surface area contributed by atoms with Gasteiger partial charge >= 0.3 is 0 Å². The minimum absolute atomic E-state index is 0.290. The summed E-state index contributed by atoms with van der Waals surface area (Å²) in [6, 6.07) is 19.4. The SMILES string of the molecule is C[NH+](CC(=O)N1CC[NH+](Cc2cccc3ccccc23)CC1)Cc1cccs1. The van der Waals surface area contributed by atoms with Crippen LogP contribution >= 0.6 is 11.3 Å². The van der Waals surface area contributed by atoms with Gasteiger partial charge in [-0.05, 0) is 22.2 Å². The molecule has 1 unspecified atom stereocenters. The van der Waals surface area contributed by atoms with Crippen molar-refractivity contribution >= 4 is 28.0 Å². The van der Waals surface area contributed by atoms with Crippen molar-refractivity contribution in [3.05, 3.63) is 70.4 Å². The quantitative estimate of drug-likeness (QED) is 0.637. The second kappa shape index (κ2) is 8.86. The molecular formula is C23H29N3OS+2. The number of benzene rings is 2. The van der Waals surface area contributed by atoms with Gasteiger partial charge in [-0.2, -0.15) is 0 Å². The molecule has 1 amide bonds. The van der Waals surface area contributed by atoms with E-state index in [0.717, 1.165) is 39.3 Å². The average molecular weight is 396 g/mol. The Labute approximate surface area is 171 Å². The highest BCUT2D eigenvalue weighted by Crippen LogP contribution is 2.17. The van der Waals surface area contributed by atoms with Crippen LogP contribution in [0.4, 0.5) is 0 Å². The van der Waals surface area contributed by atoms with E-state index in [4.69, 9.17) is 0 Å². The van der Waals surface area contributed by atoms with Gasteiger partial charge < -0.3 is 14.7 Å². The van der Waals surface area contributed by atoms with Gasteiger partial charge in [0.05, 0.1) is 38.1 Å². The van der Waals surface area contributed by atoms with Crippen LogP contribution in [0.1, 0.15) is 10.4 Å². The summed E-state index contributed by atoms with van der Waals surface area (Å²) < 4.78 is 0. The second-order valence-corrected chi connectivity index (χ2v) is 8.87. The Morgan fingerprint density at radius 2 is 1.86 bits per heavy atom. The van der Waals surface area contributed by atoms with Crippen molar-refractivity contribution < 1.29 is 14.6 Å². The van der Waals surface area contributed by atoms with Crippen LogP contribution in [0.5, 0.6) is 0 Å². The summed E-state index contributed by atoms with van der Waals surface area (Å²) in [4.78, 5) is 18.9. The normalized spacial score (nSPS) is 16.4. The zero-order valence-corrected chi connectivity index (χ0v) is 17.3. The van der Waals surface area contributed by atoms with Gasteiger partial charge in [-0.3, -0.25) is 4.79 Å². The van der Waals surface area contributed by atoms with E-state index in [1.54, 1.807) is 16.2 Å². The Hall–Kier alpha value is -2.21. The van der Waals surface area contributed by atoms with Crippen molar-refractivity contribution in [3.8, 4) is 0 Å². The maximum Gasteiger partial charge on any atom is 0.278 e. The number of hydrogen-bond donors (Lipinski definition) is 2. The molecule has 2 heterocycles. The van der Waals surface area contributed by atoms with Crippen molar-refractivity contribution in [1.82, 2.24) is 4.90 Å². The molecule has 28 heavy (non-hydrogen) atoms. The number of fused-ring (bicyclic) bond motifs is 1. The van der Waals surface area contributed by atoms with E-state index in [1.165, 1.54) is 26.1 Å². The van der Waals surface area contributed by atoms with Gasteiger partial charge in [-0.15, -0.1) is 11.3 Å². The highest BCUT2D eigenvalue weighted by molar-refractivity contribution is 7.09. The first-order chi connectivity index (χ1) is 13.7. The average Bonchev–Trinajstić information content (AvgIpc) is 3.21. The maximum atomic E-state index is 12.7. The third-order valence-corrected chi connectivity index (χ3v) is 6.53. The molecule has 4 rings (SSSR count). The highest BCUT2D eigenvalue weighted by atomic mass is 32.1. The molecule has 3 aromatic rings. The summed E-state index contributed by atoms with van der Waals surface area (Å²) in [6.07, 6.45) is 0. The first-order valence-electron chi connectivity index (χ1n) is 10.1. The Kier molecular flexibility index (Phi) is 6.05. The van der Waals surface area contributed by atoms with Gasteiger partial charge in [0.2, 0.25) is 0 Å². The van der Waals surface area contributed by atoms with Gasteiger partial charge in [-0.25, -0.2) is 0 Å². The Balaban J connectivity index is 1.29. The number of nitrogens with one attached hydrogen (secondary N) is 2. The topological polar surface area (TPSA) is 29.2 Å². The first kappa shape index (κ1) is 19.1. The Morgan fingerprint density at radius 1 is 1.07 bits per heavy atom. The molecular weight excluding hydrogens is 366 g/mol. The van der Waals surface area contributed by atoms with Crippen molar-refractivity contribution in [3.63, 3.8) is 0 Å². The molecule has 1 atom stereocenters. The molecule has 146 valence electrons. The smallest absolute Gasteiger partial charge is 0.278 e. The van der Waals surface area contributed by atoms with Crippen LogP contribution in [0.3, 0.4) is 0 Å². The van der Waals surface area contributed by atoms with Gasteiger partial charge in [0.1, 0.15) is 13.1 Å². The molecule has 5 heteroatoms. The largest absolute Gasteiger partial charge is 0.328 e. The van der Waals surface area contributed by atoms with Crippen molar-refractivity contribution in [2.45, 2.75) is 13.1 Å². The standard InChI is InChI=1S/C23H27N3OS/c1-24(17-21-9-5-15-28-21)18-23(27)26-13-11-25(12-14-26)16-20-8-4-7-19-6-2-3-10-22(19)20/h2-10,15H,11-14,16-18H2,1H3/p+2. The van der Waals surface area contributed by atoms with Crippen LogP contribution in [0, 0.1) is 0 Å². The summed E-state index contributed by atoms with van der Waals surface area (Å²) in [5, 5.41) is 4.77. The molecule has 0 radical (unpaired) electrons. The third-order valence-electron chi connectivity index (χ3n) is 5.65. The van der Waals surface area contributed by atoms with E-state index in [9.17, 15) is 4.79 Å². The number of rotatable bonds is 6. The minimum atomic E-state index is 0.290. The second-order valence-electron chi connectivity index (χ2n) is 7.84. The minimum Gasteiger partial charge on any atom is -0.328 e. The van der Waals surface area contributed by atoms with Crippen LogP contribution < -0.4 is 9.80 Å². The van der Waals surface area contributed by atoms with E-state index in [2.05, 4.69) is 71.9 Å². The lowest BCUT2D eigenvalue weighted by Crippen LogP contribution is -3.14. The molecule has 0 saturated carbocycles. The number of piperazine rings is 1. The summed E-state index contributed by atoms with van der Waals surface area (Å²) >= 11 is 1.77. The fraction of sp³-hybridized carbons (Fsp3) is 0.348. The summed E-state index contributed by atoms with van der Waals surface area (Å²) in [5.41, 5.74) is 1.41. The predicted molar refractivity (Wildman–Crippen MR) is 115 cm³/mol.